The number of anilines is 1. The van der Waals surface area contributed by atoms with Crippen LogP contribution in [0.15, 0.2) is 83.6 Å². The number of carbonyl (C=O) groups excluding carboxylic acids is 2. The van der Waals surface area contributed by atoms with Crippen molar-refractivity contribution >= 4 is 23.3 Å². The van der Waals surface area contributed by atoms with Crippen LogP contribution in [0.5, 0.6) is 0 Å². The van der Waals surface area contributed by atoms with Crippen LogP contribution in [0.25, 0.3) is 5.57 Å². The number of hydrogen-bond donors (Lipinski definition) is 2. The molecule has 0 fully saturated rings. The maximum atomic E-state index is 12.6. The lowest BCUT2D eigenvalue weighted by atomic mass is 9.95. The molecule has 0 bridgehead atoms. The first-order chi connectivity index (χ1) is 16.0. The van der Waals surface area contributed by atoms with E-state index in [1.807, 2.05) is 73.8 Å². The lowest BCUT2D eigenvalue weighted by molar-refractivity contribution is -0.112. The van der Waals surface area contributed by atoms with Crippen molar-refractivity contribution in [1.29, 1.82) is 0 Å². The Morgan fingerprint density at radius 1 is 1.06 bits per heavy atom. The second kappa shape index (κ2) is 10.2. The van der Waals surface area contributed by atoms with Gasteiger partial charge in [0.2, 0.25) is 0 Å². The Balaban J connectivity index is 1.38. The van der Waals surface area contributed by atoms with Crippen molar-refractivity contribution in [2.45, 2.75) is 26.9 Å². The van der Waals surface area contributed by atoms with E-state index in [0.717, 1.165) is 34.4 Å². The fourth-order valence-electron chi connectivity index (χ4n) is 4.00. The molecule has 0 radical (unpaired) electrons. The van der Waals surface area contributed by atoms with Gasteiger partial charge in [-0.25, -0.2) is 4.79 Å². The van der Waals surface area contributed by atoms with Crippen LogP contribution >= 0.6 is 0 Å². The number of rotatable bonds is 5. The number of ether oxygens (including phenoxy) is 1. The molecule has 2 aliphatic heterocycles. The Hall–Kier alpha value is -3.80. The van der Waals surface area contributed by atoms with Crippen LogP contribution < -0.4 is 10.6 Å². The Bertz CT molecular complexity index is 1120. The molecule has 4 rings (SSSR count). The van der Waals surface area contributed by atoms with E-state index >= 15 is 0 Å². The molecule has 2 aliphatic rings. The van der Waals surface area contributed by atoms with Crippen LogP contribution in [-0.2, 0) is 16.1 Å². The average molecular weight is 444 g/mol. The lowest BCUT2D eigenvalue weighted by Crippen LogP contribution is -2.36. The number of hydrogen-bond acceptors (Lipinski definition) is 4. The fraction of sp³-hybridized carbons (Fsp3) is 0.259. The predicted molar refractivity (Wildman–Crippen MR) is 130 cm³/mol. The van der Waals surface area contributed by atoms with E-state index in [-0.39, 0.29) is 18.6 Å². The highest BCUT2D eigenvalue weighted by atomic mass is 16.6. The molecular formula is C27H29N3O3. The van der Waals surface area contributed by atoms with Gasteiger partial charge in [0.05, 0.1) is 0 Å². The van der Waals surface area contributed by atoms with E-state index in [4.69, 9.17) is 4.74 Å². The van der Waals surface area contributed by atoms with Crippen molar-refractivity contribution in [2.24, 2.45) is 0 Å². The molecule has 0 spiro atoms. The van der Waals surface area contributed by atoms with E-state index in [1.54, 1.807) is 4.90 Å². The van der Waals surface area contributed by atoms with Crippen LogP contribution in [0.4, 0.5) is 10.5 Å². The summed E-state index contributed by atoms with van der Waals surface area (Å²) < 4.78 is 5.52. The first kappa shape index (κ1) is 22.4. The summed E-state index contributed by atoms with van der Waals surface area (Å²) in [5.74, 6) is -0.113. The molecule has 0 aromatic heterocycles. The quantitative estimate of drug-likeness (QED) is 0.691. The molecule has 0 saturated heterocycles. The van der Waals surface area contributed by atoms with E-state index in [2.05, 4.69) is 17.6 Å². The minimum atomic E-state index is -0.300. The maximum absolute atomic E-state index is 12.6. The Kier molecular flexibility index (Phi) is 6.93. The number of nitrogens with one attached hydrogen (secondary N) is 2. The highest BCUT2D eigenvalue weighted by Gasteiger charge is 2.23. The number of dihydropyridines is 1. The maximum Gasteiger partial charge on any atom is 0.410 e. The van der Waals surface area contributed by atoms with Gasteiger partial charge in [-0.1, -0.05) is 54.1 Å². The molecule has 2 aromatic rings. The standard InChI is InChI=1S/C27H29N3O3/c1-19-13-15-30(27(32)33-18-21-6-4-3-5-7-21)17-25(19)22-8-10-23(11-9-22)29-26(31)24-12-14-28-16-20(24)2/h3-12,16,28H,13-15,17-18H2,1-2H3,(H,29,31). The Labute approximate surface area is 194 Å². The van der Waals surface area contributed by atoms with Crippen molar-refractivity contribution in [3.8, 4) is 0 Å². The lowest BCUT2D eigenvalue weighted by Gasteiger charge is -2.29. The highest BCUT2D eigenvalue weighted by molar-refractivity contribution is 6.07. The van der Waals surface area contributed by atoms with Gasteiger partial charge in [-0.15, -0.1) is 0 Å². The van der Waals surface area contributed by atoms with E-state index < -0.39 is 0 Å². The minimum Gasteiger partial charge on any atom is -0.445 e. The second-order valence-electron chi connectivity index (χ2n) is 8.36. The van der Waals surface area contributed by atoms with Gasteiger partial charge in [0.1, 0.15) is 6.61 Å². The molecule has 6 nitrogen and oxygen atoms in total. The zero-order chi connectivity index (χ0) is 23.2. The average Bonchev–Trinajstić information content (AvgIpc) is 2.84. The molecule has 6 heteroatoms. The van der Waals surface area contributed by atoms with E-state index in [9.17, 15) is 9.59 Å². The van der Waals surface area contributed by atoms with Crippen LogP contribution in [0.2, 0.25) is 0 Å². The number of nitrogens with zero attached hydrogens (tertiary/aromatic N) is 1. The third-order valence-corrected chi connectivity index (χ3v) is 5.99. The monoisotopic (exact) mass is 443 g/mol. The molecule has 2 N–H and O–H groups in total. The van der Waals surface area contributed by atoms with Crippen molar-refractivity contribution in [3.63, 3.8) is 0 Å². The second-order valence-corrected chi connectivity index (χ2v) is 8.36. The van der Waals surface area contributed by atoms with E-state index in [0.29, 0.717) is 25.2 Å². The number of carbonyl (C=O) groups is 2. The van der Waals surface area contributed by atoms with Crippen LogP contribution in [-0.4, -0.2) is 36.5 Å². The molecule has 0 unspecified atom stereocenters. The summed E-state index contributed by atoms with van der Waals surface area (Å²) >= 11 is 0. The first-order valence-electron chi connectivity index (χ1n) is 11.2. The van der Waals surface area contributed by atoms with Crippen molar-refractivity contribution in [3.05, 3.63) is 94.7 Å². The van der Waals surface area contributed by atoms with Crippen molar-refractivity contribution in [2.75, 3.05) is 25.0 Å². The number of benzene rings is 2. The van der Waals surface area contributed by atoms with Gasteiger partial charge in [-0.05, 0) is 54.7 Å². The van der Waals surface area contributed by atoms with Crippen LogP contribution in [0.1, 0.15) is 31.4 Å². The van der Waals surface area contributed by atoms with Gasteiger partial charge < -0.3 is 20.3 Å². The molecule has 2 aromatic carbocycles. The van der Waals surface area contributed by atoms with Gasteiger partial charge in [0.25, 0.3) is 5.91 Å². The molecular weight excluding hydrogens is 414 g/mol. The summed E-state index contributed by atoms with van der Waals surface area (Å²) in [6, 6.07) is 17.5. The summed E-state index contributed by atoms with van der Waals surface area (Å²) in [5.41, 5.74) is 6.74. The Morgan fingerprint density at radius 3 is 2.55 bits per heavy atom. The predicted octanol–water partition coefficient (Wildman–Crippen LogP) is 4.87. The van der Waals surface area contributed by atoms with Gasteiger partial charge >= 0.3 is 6.09 Å². The molecule has 0 saturated carbocycles. The topological polar surface area (TPSA) is 70.7 Å². The van der Waals surface area contributed by atoms with Gasteiger partial charge in [0.15, 0.2) is 0 Å². The van der Waals surface area contributed by atoms with Crippen LogP contribution in [0.3, 0.4) is 0 Å². The summed E-state index contributed by atoms with van der Waals surface area (Å²) in [6.45, 7) is 6.09. The molecule has 0 aliphatic carbocycles. The van der Waals surface area contributed by atoms with Gasteiger partial charge in [0, 0.05) is 37.1 Å². The molecule has 2 amide bonds. The minimum absolute atomic E-state index is 0.113. The van der Waals surface area contributed by atoms with Crippen molar-refractivity contribution in [1.82, 2.24) is 10.2 Å². The third-order valence-electron chi connectivity index (χ3n) is 5.99. The van der Waals surface area contributed by atoms with Gasteiger partial charge in [-0.3, -0.25) is 4.79 Å². The first-order valence-corrected chi connectivity index (χ1v) is 11.2. The zero-order valence-electron chi connectivity index (χ0n) is 19.1. The summed E-state index contributed by atoms with van der Waals surface area (Å²) in [6.07, 6.45) is 4.25. The third kappa shape index (κ3) is 5.52. The zero-order valence-corrected chi connectivity index (χ0v) is 19.1. The summed E-state index contributed by atoms with van der Waals surface area (Å²) in [7, 11) is 0. The summed E-state index contributed by atoms with van der Waals surface area (Å²) in [4.78, 5) is 27.0. The Morgan fingerprint density at radius 2 is 1.82 bits per heavy atom. The van der Waals surface area contributed by atoms with Crippen molar-refractivity contribution < 1.29 is 14.3 Å². The largest absolute Gasteiger partial charge is 0.445 e. The molecule has 0 atom stereocenters. The smallest absolute Gasteiger partial charge is 0.410 e. The SMILES string of the molecule is CC1=CNCC=C1C(=O)Nc1ccc(C2=C(C)CCN(C(=O)OCc3ccccc3)C2)cc1. The highest BCUT2D eigenvalue weighted by Crippen LogP contribution is 2.28. The molecule has 2 heterocycles. The van der Waals surface area contributed by atoms with Crippen LogP contribution in [0, 0.1) is 0 Å². The van der Waals surface area contributed by atoms with Gasteiger partial charge in [-0.2, -0.15) is 0 Å². The normalized spacial score (nSPS) is 15.9. The molecule has 33 heavy (non-hydrogen) atoms. The van der Waals surface area contributed by atoms with E-state index in [1.165, 1.54) is 5.57 Å². The number of amides is 2. The molecule has 170 valence electrons. The summed E-state index contributed by atoms with van der Waals surface area (Å²) in [5, 5.41) is 6.06. The fourth-order valence-corrected chi connectivity index (χ4v) is 4.00.